The van der Waals surface area contributed by atoms with Crippen molar-refractivity contribution in [1.29, 1.82) is 0 Å². The standard InChI is InChI=1S/C15H25N5O/c1-10-15(16)11(2)20(18-10)9-14(21)17-12-6-8-19-7-4-3-5-13(12)19/h12-13H,3-9,16H2,1-2H3,(H,17,21). The summed E-state index contributed by atoms with van der Waals surface area (Å²) in [6, 6.07) is 0.834. The van der Waals surface area contributed by atoms with Gasteiger partial charge in [-0.25, -0.2) is 0 Å². The maximum absolute atomic E-state index is 12.3. The molecule has 0 aromatic carbocycles. The van der Waals surface area contributed by atoms with E-state index in [1.165, 1.54) is 25.8 Å². The van der Waals surface area contributed by atoms with Gasteiger partial charge in [-0.1, -0.05) is 6.42 Å². The van der Waals surface area contributed by atoms with Crippen molar-refractivity contribution in [2.24, 2.45) is 0 Å². The van der Waals surface area contributed by atoms with E-state index in [1.807, 2.05) is 13.8 Å². The average Bonchev–Trinajstić information content (AvgIpc) is 2.97. The van der Waals surface area contributed by atoms with E-state index < -0.39 is 0 Å². The first-order valence-corrected chi connectivity index (χ1v) is 7.89. The first-order valence-electron chi connectivity index (χ1n) is 7.89. The molecule has 1 aromatic heterocycles. The third kappa shape index (κ3) is 2.77. The van der Waals surface area contributed by atoms with Crippen LogP contribution in [0.5, 0.6) is 0 Å². The minimum Gasteiger partial charge on any atom is -0.396 e. The highest BCUT2D eigenvalue weighted by Crippen LogP contribution is 2.27. The van der Waals surface area contributed by atoms with Gasteiger partial charge in [-0.05, 0) is 39.7 Å². The number of nitrogens with two attached hydrogens (primary N) is 1. The summed E-state index contributed by atoms with van der Waals surface area (Å²) < 4.78 is 1.70. The Labute approximate surface area is 125 Å². The summed E-state index contributed by atoms with van der Waals surface area (Å²) >= 11 is 0. The van der Waals surface area contributed by atoms with Crippen molar-refractivity contribution in [1.82, 2.24) is 20.0 Å². The maximum Gasteiger partial charge on any atom is 0.242 e. The topological polar surface area (TPSA) is 76.2 Å². The number of nitrogen functional groups attached to an aromatic ring is 1. The molecule has 2 aliphatic rings. The molecule has 2 aliphatic heterocycles. The molecule has 2 atom stereocenters. The molecule has 1 aromatic rings. The van der Waals surface area contributed by atoms with Crippen LogP contribution in [0.1, 0.15) is 37.1 Å². The lowest BCUT2D eigenvalue weighted by atomic mass is 9.99. The van der Waals surface area contributed by atoms with Gasteiger partial charge in [-0.2, -0.15) is 5.10 Å². The lowest BCUT2D eigenvalue weighted by Gasteiger charge is -2.32. The van der Waals surface area contributed by atoms with Crippen molar-refractivity contribution in [2.75, 3.05) is 18.8 Å². The van der Waals surface area contributed by atoms with E-state index in [1.54, 1.807) is 4.68 Å². The summed E-state index contributed by atoms with van der Waals surface area (Å²) in [5, 5.41) is 7.53. The van der Waals surface area contributed by atoms with E-state index >= 15 is 0 Å². The smallest absolute Gasteiger partial charge is 0.242 e. The number of nitrogens with one attached hydrogen (secondary N) is 1. The lowest BCUT2D eigenvalue weighted by Crippen LogP contribution is -2.47. The van der Waals surface area contributed by atoms with Gasteiger partial charge in [0.25, 0.3) is 0 Å². The van der Waals surface area contributed by atoms with Crippen molar-refractivity contribution in [2.45, 2.75) is 58.2 Å². The number of fused-ring (bicyclic) bond motifs is 1. The van der Waals surface area contributed by atoms with Crippen LogP contribution in [-0.4, -0.2) is 45.8 Å². The minimum absolute atomic E-state index is 0.0398. The van der Waals surface area contributed by atoms with Gasteiger partial charge in [0.1, 0.15) is 6.54 Å². The monoisotopic (exact) mass is 291 g/mol. The Morgan fingerprint density at radius 3 is 2.86 bits per heavy atom. The second-order valence-electron chi connectivity index (χ2n) is 6.30. The van der Waals surface area contributed by atoms with Crippen LogP contribution in [0.4, 0.5) is 5.69 Å². The van der Waals surface area contributed by atoms with Gasteiger partial charge in [-0.3, -0.25) is 14.4 Å². The Morgan fingerprint density at radius 1 is 1.33 bits per heavy atom. The predicted molar refractivity (Wildman–Crippen MR) is 81.9 cm³/mol. The van der Waals surface area contributed by atoms with Crippen LogP contribution in [0.3, 0.4) is 0 Å². The Morgan fingerprint density at radius 2 is 2.14 bits per heavy atom. The Bertz CT molecular complexity index is 538. The molecule has 6 nitrogen and oxygen atoms in total. The summed E-state index contributed by atoms with van der Waals surface area (Å²) in [5.74, 6) is 0.0398. The normalized spacial score (nSPS) is 25.8. The van der Waals surface area contributed by atoms with E-state index in [-0.39, 0.29) is 12.5 Å². The highest BCUT2D eigenvalue weighted by molar-refractivity contribution is 5.76. The highest BCUT2D eigenvalue weighted by Gasteiger charge is 2.36. The molecule has 3 heterocycles. The molecule has 0 bridgehead atoms. The first-order chi connectivity index (χ1) is 10.1. The number of carbonyl (C=O) groups excluding carboxylic acids is 1. The molecule has 3 rings (SSSR count). The molecule has 2 unspecified atom stereocenters. The van der Waals surface area contributed by atoms with E-state index in [2.05, 4.69) is 15.3 Å². The van der Waals surface area contributed by atoms with Crippen LogP contribution in [0, 0.1) is 13.8 Å². The summed E-state index contributed by atoms with van der Waals surface area (Å²) in [7, 11) is 0. The van der Waals surface area contributed by atoms with E-state index in [9.17, 15) is 4.79 Å². The third-order valence-corrected chi connectivity index (χ3v) is 4.93. The molecular weight excluding hydrogens is 266 g/mol. The summed E-state index contributed by atoms with van der Waals surface area (Å²) in [5.41, 5.74) is 8.25. The number of hydrogen-bond acceptors (Lipinski definition) is 4. The van der Waals surface area contributed by atoms with Gasteiger partial charge >= 0.3 is 0 Å². The molecule has 21 heavy (non-hydrogen) atoms. The fourth-order valence-electron chi connectivity index (χ4n) is 3.67. The number of hydrogen-bond donors (Lipinski definition) is 2. The Hall–Kier alpha value is -1.56. The highest BCUT2D eigenvalue weighted by atomic mass is 16.2. The molecular formula is C15H25N5O. The molecule has 2 fully saturated rings. The van der Waals surface area contributed by atoms with Gasteiger partial charge in [0.15, 0.2) is 0 Å². The molecule has 2 saturated heterocycles. The number of aryl methyl sites for hydroxylation is 1. The number of amides is 1. The lowest BCUT2D eigenvalue weighted by molar-refractivity contribution is -0.122. The Kier molecular flexibility index (Phi) is 3.89. The van der Waals surface area contributed by atoms with Crippen LogP contribution < -0.4 is 11.1 Å². The number of carbonyl (C=O) groups is 1. The zero-order valence-electron chi connectivity index (χ0n) is 12.9. The maximum atomic E-state index is 12.3. The van der Waals surface area contributed by atoms with Crippen LogP contribution in [0.2, 0.25) is 0 Å². The zero-order valence-corrected chi connectivity index (χ0v) is 12.9. The first kappa shape index (κ1) is 14.4. The summed E-state index contributed by atoms with van der Waals surface area (Å²) in [6.07, 6.45) is 4.84. The van der Waals surface area contributed by atoms with Gasteiger partial charge in [-0.15, -0.1) is 0 Å². The van der Waals surface area contributed by atoms with Crippen molar-refractivity contribution < 1.29 is 4.79 Å². The fourth-order valence-corrected chi connectivity index (χ4v) is 3.67. The van der Waals surface area contributed by atoms with Gasteiger partial charge in [0.05, 0.1) is 17.1 Å². The second kappa shape index (κ2) is 5.67. The van der Waals surface area contributed by atoms with Crippen LogP contribution >= 0.6 is 0 Å². The fraction of sp³-hybridized carbons (Fsp3) is 0.733. The van der Waals surface area contributed by atoms with Crippen molar-refractivity contribution in [3.05, 3.63) is 11.4 Å². The van der Waals surface area contributed by atoms with Gasteiger partial charge < -0.3 is 11.1 Å². The van der Waals surface area contributed by atoms with Crippen LogP contribution in [0.25, 0.3) is 0 Å². The largest absolute Gasteiger partial charge is 0.396 e. The molecule has 116 valence electrons. The molecule has 6 heteroatoms. The van der Waals surface area contributed by atoms with Gasteiger partial charge in [0, 0.05) is 18.6 Å². The number of aromatic nitrogens is 2. The quantitative estimate of drug-likeness (QED) is 0.864. The summed E-state index contributed by atoms with van der Waals surface area (Å²) in [4.78, 5) is 14.8. The van der Waals surface area contributed by atoms with Crippen molar-refractivity contribution in [3.8, 4) is 0 Å². The van der Waals surface area contributed by atoms with Gasteiger partial charge in [0.2, 0.25) is 5.91 Å². The Balaban J connectivity index is 1.60. The molecule has 3 N–H and O–H groups in total. The minimum atomic E-state index is 0.0398. The molecule has 1 amide bonds. The van der Waals surface area contributed by atoms with Crippen LogP contribution in [0.15, 0.2) is 0 Å². The summed E-state index contributed by atoms with van der Waals surface area (Å²) in [6.45, 7) is 6.33. The molecule has 0 aliphatic carbocycles. The molecule has 0 radical (unpaired) electrons. The second-order valence-corrected chi connectivity index (χ2v) is 6.30. The van der Waals surface area contributed by atoms with Crippen LogP contribution in [-0.2, 0) is 11.3 Å². The van der Waals surface area contributed by atoms with Crippen molar-refractivity contribution in [3.63, 3.8) is 0 Å². The zero-order chi connectivity index (χ0) is 15.0. The SMILES string of the molecule is Cc1nn(CC(=O)NC2CCN3CCCCC23)c(C)c1N. The third-order valence-electron chi connectivity index (χ3n) is 4.93. The van der Waals surface area contributed by atoms with E-state index in [4.69, 9.17) is 5.73 Å². The van der Waals surface area contributed by atoms with E-state index in [0.29, 0.717) is 17.8 Å². The predicted octanol–water partition coefficient (Wildman–Crippen LogP) is 0.825. The van der Waals surface area contributed by atoms with E-state index in [0.717, 1.165) is 24.4 Å². The number of nitrogens with zero attached hydrogens (tertiary/aromatic N) is 3. The number of piperidine rings is 1. The molecule has 0 saturated carbocycles. The van der Waals surface area contributed by atoms with Crippen molar-refractivity contribution >= 4 is 11.6 Å². The average molecular weight is 291 g/mol. The number of anilines is 1. The number of rotatable bonds is 3. The molecule has 0 spiro atoms.